The van der Waals surface area contributed by atoms with E-state index in [0.29, 0.717) is 0 Å². The third-order valence-corrected chi connectivity index (χ3v) is 5.58. The number of benzene rings is 2. The zero-order valence-corrected chi connectivity index (χ0v) is 15.2. The SMILES string of the molecule is Cc1ccccc1CC1(CO)CCCN(c2cnc3ccccc3n2)C1. The van der Waals surface area contributed by atoms with Crippen LogP contribution in [-0.2, 0) is 6.42 Å². The van der Waals surface area contributed by atoms with E-state index in [1.807, 2.05) is 30.5 Å². The van der Waals surface area contributed by atoms with Crippen molar-refractivity contribution in [3.8, 4) is 0 Å². The van der Waals surface area contributed by atoms with Crippen LogP contribution in [0.15, 0.2) is 54.7 Å². The number of aromatic nitrogens is 2. The molecule has 4 heteroatoms. The van der Waals surface area contributed by atoms with Gasteiger partial charge in [-0.25, -0.2) is 4.98 Å². The van der Waals surface area contributed by atoms with E-state index in [1.165, 1.54) is 11.1 Å². The molecule has 0 bridgehead atoms. The van der Waals surface area contributed by atoms with Gasteiger partial charge in [-0.2, -0.15) is 0 Å². The van der Waals surface area contributed by atoms with Crippen LogP contribution in [0.3, 0.4) is 0 Å². The first-order chi connectivity index (χ1) is 12.7. The van der Waals surface area contributed by atoms with Crippen molar-refractivity contribution in [2.75, 3.05) is 24.6 Å². The second kappa shape index (κ2) is 7.04. The zero-order chi connectivity index (χ0) is 18.0. The van der Waals surface area contributed by atoms with Crippen molar-refractivity contribution in [3.63, 3.8) is 0 Å². The summed E-state index contributed by atoms with van der Waals surface area (Å²) in [6.07, 6.45) is 4.85. The van der Waals surface area contributed by atoms with Crippen LogP contribution >= 0.6 is 0 Å². The minimum absolute atomic E-state index is 0.127. The highest BCUT2D eigenvalue weighted by Gasteiger charge is 2.36. The van der Waals surface area contributed by atoms with E-state index in [1.54, 1.807) is 0 Å². The smallest absolute Gasteiger partial charge is 0.147 e. The number of aryl methyl sites for hydroxylation is 1. The molecule has 0 spiro atoms. The number of rotatable bonds is 4. The van der Waals surface area contributed by atoms with Crippen LogP contribution in [0.4, 0.5) is 5.82 Å². The molecule has 2 heterocycles. The predicted octanol–water partition coefficient (Wildman–Crippen LogP) is 3.76. The van der Waals surface area contributed by atoms with Crippen LogP contribution in [-0.4, -0.2) is 34.8 Å². The molecule has 26 heavy (non-hydrogen) atoms. The maximum atomic E-state index is 10.3. The molecule has 1 fully saturated rings. The quantitative estimate of drug-likeness (QED) is 0.781. The summed E-state index contributed by atoms with van der Waals surface area (Å²) in [5, 5.41) is 10.3. The molecule has 2 aromatic carbocycles. The van der Waals surface area contributed by atoms with Crippen LogP contribution < -0.4 is 4.90 Å². The van der Waals surface area contributed by atoms with Crippen LogP contribution in [0, 0.1) is 12.3 Å². The van der Waals surface area contributed by atoms with Crippen molar-refractivity contribution in [1.82, 2.24) is 9.97 Å². The maximum Gasteiger partial charge on any atom is 0.147 e. The molecule has 0 radical (unpaired) electrons. The van der Waals surface area contributed by atoms with E-state index < -0.39 is 0 Å². The van der Waals surface area contributed by atoms with Gasteiger partial charge in [-0.15, -0.1) is 0 Å². The molecule has 0 saturated carbocycles. The average molecular weight is 347 g/mol. The molecule has 0 aliphatic carbocycles. The standard InChI is InChI=1S/C22H25N3O/c1-17-7-2-3-8-18(17)13-22(16-26)11-6-12-25(15-22)21-14-23-19-9-4-5-10-20(19)24-21/h2-5,7-10,14,26H,6,11-13,15-16H2,1H3. The summed E-state index contributed by atoms with van der Waals surface area (Å²) >= 11 is 0. The number of anilines is 1. The van der Waals surface area contributed by atoms with Gasteiger partial charge in [0, 0.05) is 18.5 Å². The molecule has 1 aliphatic rings. The fourth-order valence-corrected chi connectivity index (χ4v) is 4.04. The highest BCUT2D eigenvalue weighted by molar-refractivity contribution is 5.75. The highest BCUT2D eigenvalue weighted by Crippen LogP contribution is 2.35. The van der Waals surface area contributed by atoms with Gasteiger partial charge in [0.05, 0.1) is 23.8 Å². The monoisotopic (exact) mass is 347 g/mol. The van der Waals surface area contributed by atoms with E-state index >= 15 is 0 Å². The first-order valence-corrected chi connectivity index (χ1v) is 9.31. The molecule has 4 nitrogen and oxygen atoms in total. The number of piperidine rings is 1. The summed E-state index contributed by atoms with van der Waals surface area (Å²) in [4.78, 5) is 11.7. The summed E-state index contributed by atoms with van der Waals surface area (Å²) < 4.78 is 0. The van der Waals surface area contributed by atoms with Crippen molar-refractivity contribution in [2.45, 2.75) is 26.2 Å². The normalized spacial score (nSPS) is 20.5. The van der Waals surface area contributed by atoms with E-state index in [2.05, 4.69) is 41.1 Å². The van der Waals surface area contributed by atoms with Gasteiger partial charge in [-0.1, -0.05) is 36.4 Å². The Morgan fingerprint density at radius 2 is 1.85 bits per heavy atom. The minimum Gasteiger partial charge on any atom is -0.396 e. The third-order valence-electron chi connectivity index (χ3n) is 5.58. The van der Waals surface area contributed by atoms with Crippen molar-refractivity contribution in [1.29, 1.82) is 0 Å². The highest BCUT2D eigenvalue weighted by atomic mass is 16.3. The number of nitrogens with zero attached hydrogens (tertiary/aromatic N) is 3. The summed E-state index contributed by atoms with van der Waals surface area (Å²) in [5.41, 5.74) is 4.33. The molecule has 3 aromatic rings. The van der Waals surface area contributed by atoms with Gasteiger partial charge in [0.1, 0.15) is 5.82 Å². The number of aliphatic hydroxyl groups is 1. The van der Waals surface area contributed by atoms with Gasteiger partial charge in [0.2, 0.25) is 0 Å². The molecular weight excluding hydrogens is 322 g/mol. The molecule has 0 amide bonds. The lowest BCUT2D eigenvalue weighted by Crippen LogP contribution is -2.47. The van der Waals surface area contributed by atoms with E-state index in [-0.39, 0.29) is 12.0 Å². The Balaban J connectivity index is 1.61. The van der Waals surface area contributed by atoms with Crippen LogP contribution in [0.1, 0.15) is 24.0 Å². The largest absolute Gasteiger partial charge is 0.396 e. The van der Waals surface area contributed by atoms with Crippen molar-refractivity contribution < 1.29 is 5.11 Å². The lowest BCUT2D eigenvalue weighted by atomic mass is 9.75. The van der Waals surface area contributed by atoms with Gasteiger partial charge in [-0.05, 0) is 49.4 Å². The molecule has 1 atom stereocenters. The summed E-state index contributed by atoms with van der Waals surface area (Å²) in [6.45, 7) is 4.11. The minimum atomic E-state index is -0.127. The number of aliphatic hydroxyl groups excluding tert-OH is 1. The zero-order valence-electron chi connectivity index (χ0n) is 15.2. The molecule has 4 rings (SSSR count). The van der Waals surface area contributed by atoms with Crippen molar-refractivity contribution >= 4 is 16.9 Å². The number of hydrogen-bond donors (Lipinski definition) is 1. The Bertz CT molecular complexity index is 911. The van der Waals surface area contributed by atoms with E-state index in [4.69, 9.17) is 4.98 Å². The molecule has 134 valence electrons. The van der Waals surface area contributed by atoms with Gasteiger partial charge in [0.25, 0.3) is 0 Å². The second-order valence-corrected chi connectivity index (χ2v) is 7.50. The Labute approximate surface area is 154 Å². The van der Waals surface area contributed by atoms with Crippen molar-refractivity contribution in [2.24, 2.45) is 5.41 Å². The molecule has 1 unspecified atom stereocenters. The Morgan fingerprint density at radius 3 is 2.65 bits per heavy atom. The van der Waals surface area contributed by atoms with E-state index in [0.717, 1.165) is 49.2 Å². The lowest BCUT2D eigenvalue weighted by molar-refractivity contribution is 0.105. The topological polar surface area (TPSA) is 49.2 Å². The molecular formula is C22H25N3O. The first-order valence-electron chi connectivity index (χ1n) is 9.31. The van der Waals surface area contributed by atoms with Gasteiger partial charge in [-0.3, -0.25) is 4.98 Å². The van der Waals surface area contributed by atoms with Gasteiger partial charge in [0.15, 0.2) is 0 Å². The molecule has 1 N–H and O–H groups in total. The molecule has 1 aromatic heterocycles. The fraction of sp³-hybridized carbons (Fsp3) is 0.364. The predicted molar refractivity (Wildman–Crippen MR) is 105 cm³/mol. The Morgan fingerprint density at radius 1 is 1.08 bits per heavy atom. The fourth-order valence-electron chi connectivity index (χ4n) is 4.04. The average Bonchev–Trinajstić information content (AvgIpc) is 2.69. The Kier molecular flexibility index (Phi) is 4.60. The molecule has 1 aliphatic heterocycles. The second-order valence-electron chi connectivity index (χ2n) is 7.50. The molecule has 1 saturated heterocycles. The summed E-state index contributed by atoms with van der Waals surface area (Å²) in [5.74, 6) is 0.908. The summed E-state index contributed by atoms with van der Waals surface area (Å²) in [7, 11) is 0. The maximum absolute atomic E-state index is 10.3. The number of fused-ring (bicyclic) bond motifs is 1. The van der Waals surface area contributed by atoms with Crippen LogP contribution in [0.2, 0.25) is 0 Å². The van der Waals surface area contributed by atoms with E-state index in [9.17, 15) is 5.11 Å². The van der Waals surface area contributed by atoms with Crippen LogP contribution in [0.5, 0.6) is 0 Å². The number of hydrogen-bond acceptors (Lipinski definition) is 4. The van der Waals surface area contributed by atoms with Gasteiger partial charge < -0.3 is 10.0 Å². The lowest BCUT2D eigenvalue weighted by Gasteiger charge is -2.42. The van der Waals surface area contributed by atoms with Crippen LogP contribution in [0.25, 0.3) is 11.0 Å². The number of para-hydroxylation sites is 2. The Hall–Kier alpha value is -2.46. The first kappa shape index (κ1) is 17.0. The van der Waals surface area contributed by atoms with Gasteiger partial charge >= 0.3 is 0 Å². The summed E-state index contributed by atoms with van der Waals surface area (Å²) in [6, 6.07) is 16.5. The third kappa shape index (κ3) is 3.29. The van der Waals surface area contributed by atoms with Crippen molar-refractivity contribution in [3.05, 3.63) is 65.9 Å².